The summed E-state index contributed by atoms with van der Waals surface area (Å²) in [5.41, 5.74) is 2.30. The smallest absolute Gasteiger partial charge is 0.406 e. The second kappa shape index (κ2) is 7.24. The fourth-order valence-corrected chi connectivity index (χ4v) is 3.34. The second-order valence-corrected chi connectivity index (χ2v) is 6.66. The van der Waals surface area contributed by atoms with Crippen molar-refractivity contribution in [3.63, 3.8) is 0 Å². The molecule has 28 heavy (non-hydrogen) atoms. The van der Waals surface area contributed by atoms with E-state index in [-0.39, 0.29) is 5.75 Å². The molecule has 8 heteroatoms. The van der Waals surface area contributed by atoms with Gasteiger partial charge in [-0.05, 0) is 42.5 Å². The lowest BCUT2D eigenvalue weighted by molar-refractivity contribution is -0.274. The van der Waals surface area contributed by atoms with Crippen LogP contribution in [0.25, 0.3) is 21.8 Å². The molecule has 0 amide bonds. The van der Waals surface area contributed by atoms with Crippen molar-refractivity contribution in [2.45, 2.75) is 12.9 Å². The second-order valence-electron chi connectivity index (χ2n) is 6.22. The summed E-state index contributed by atoms with van der Waals surface area (Å²) in [4.78, 5) is 4.13. The van der Waals surface area contributed by atoms with Crippen molar-refractivity contribution in [1.82, 2.24) is 9.55 Å². The van der Waals surface area contributed by atoms with Gasteiger partial charge in [-0.15, -0.1) is 13.2 Å². The number of nitrogens with one attached hydrogen (secondary N) is 1. The fourth-order valence-electron chi connectivity index (χ4n) is 3.16. The van der Waals surface area contributed by atoms with Crippen molar-refractivity contribution >= 4 is 39.1 Å². The molecule has 4 rings (SSSR count). The summed E-state index contributed by atoms with van der Waals surface area (Å²) >= 11 is 6.02. The van der Waals surface area contributed by atoms with E-state index >= 15 is 0 Å². The van der Waals surface area contributed by atoms with Crippen LogP contribution in [0.15, 0.2) is 60.9 Å². The van der Waals surface area contributed by atoms with Crippen LogP contribution in [0, 0.1) is 0 Å². The van der Waals surface area contributed by atoms with Crippen LogP contribution in [0.4, 0.5) is 18.9 Å². The molecule has 0 fully saturated rings. The zero-order chi connectivity index (χ0) is 19.7. The van der Waals surface area contributed by atoms with Gasteiger partial charge in [0.25, 0.3) is 0 Å². The molecular formula is C20H15ClF3N3O. The average Bonchev–Trinajstić information content (AvgIpc) is 3.02. The zero-order valence-corrected chi connectivity index (χ0v) is 15.3. The Bertz CT molecular complexity index is 1140. The number of pyridine rings is 1. The molecule has 2 heterocycles. The number of rotatable bonds is 5. The molecule has 1 N–H and O–H groups in total. The minimum Gasteiger partial charge on any atom is -0.406 e. The Morgan fingerprint density at radius 2 is 1.93 bits per heavy atom. The van der Waals surface area contributed by atoms with Crippen LogP contribution in [-0.4, -0.2) is 22.5 Å². The molecule has 0 bridgehead atoms. The fraction of sp³-hybridized carbons (Fsp3) is 0.150. The van der Waals surface area contributed by atoms with Crippen LogP contribution in [-0.2, 0) is 6.54 Å². The summed E-state index contributed by atoms with van der Waals surface area (Å²) in [5.74, 6) is -0.290. The van der Waals surface area contributed by atoms with E-state index in [2.05, 4.69) is 19.6 Å². The van der Waals surface area contributed by atoms with E-state index in [0.717, 1.165) is 22.0 Å². The quantitative estimate of drug-likeness (QED) is 0.452. The first-order chi connectivity index (χ1) is 13.4. The summed E-state index contributed by atoms with van der Waals surface area (Å²) in [7, 11) is 0. The number of fused-ring (bicyclic) bond motifs is 2. The van der Waals surface area contributed by atoms with Crippen LogP contribution < -0.4 is 10.1 Å². The van der Waals surface area contributed by atoms with Crippen molar-refractivity contribution in [2.24, 2.45) is 0 Å². The Labute approximate surface area is 163 Å². The Balaban J connectivity index is 1.50. The van der Waals surface area contributed by atoms with Gasteiger partial charge in [0.1, 0.15) is 5.75 Å². The highest BCUT2D eigenvalue weighted by atomic mass is 35.5. The number of ether oxygens (including phenoxy) is 1. The first kappa shape index (κ1) is 18.4. The Kier molecular flexibility index (Phi) is 4.77. The maximum Gasteiger partial charge on any atom is 0.573 e. The standard InChI is InChI=1S/C20H15ClF3N3O/c21-14-1-4-19-13(11-14)6-9-27(19)10-8-26-17-5-7-25-18-12-15(2-3-16(17)18)28-20(22,23)24/h1-7,9,11-12H,8,10H2,(H,25,26). The zero-order valence-electron chi connectivity index (χ0n) is 14.5. The molecule has 0 spiro atoms. The van der Waals surface area contributed by atoms with E-state index < -0.39 is 6.36 Å². The Morgan fingerprint density at radius 1 is 1.07 bits per heavy atom. The van der Waals surface area contributed by atoms with Crippen LogP contribution in [0.1, 0.15) is 0 Å². The van der Waals surface area contributed by atoms with Crippen molar-refractivity contribution in [3.05, 3.63) is 65.9 Å². The van der Waals surface area contributed by atoms with Crippen LogP contribution in [0.2, 0.25) is 5.02 Å². The van der Waals surface area contributed by atoms with Gasteiger partial charge in [-0.3, -0.25) is 4.98 Å². The largest absolute Gasteiger partial charge is 0.573 e. The third kappa shape index (κ3) is 3.99. The molecule has 4 aromatic rings. The molecular weight excluding hydrogens is 391 g/mol. The summed E-state index contributed by atoms with van der Waals surface area (Å²) in [5, 5.41) is 5.81. The van der Waals surface area contributed by atoms with E-state index in [1.807, 2.05) is 30.5 Å². The lowest BCUT2D eigenvalue weighted by atomic mass is 10.2. The van der Waals surface area contributed by atoms with Crippen LogP contribution in [0.5, 0.6) is 5.75 Å². The van der Waals surface area contributed by atoms with E-state index in [1.54, 1.807) is 18.3 Å². The highest BCUT2D eigenvalue weighted by molar-refractivity contribution is 6.31. The molecule has 0 radical (unpaired) electrons. The normalized spacial score (nSPS) is 11.9. The third-order valence-corrected chi connectivity index (χ3v) is 4.58. The highest BCUT2D eigenvalue weighted by Gasteiger charge is 2.31. The van der Waals surface area contributed by atoms with Gasteiger partial charge in [0.2, 0.25) is 0 Å². The predicted octanol–water partition coefficient (Wildman–Crippen LogP) is 5.85. The molecule has 144 valence electrons. The minimum atomic E-state index is -4.73. The average molecular weight is 406 g/mol. The summed E-state index contributed by atoms with van der Waals surface area (Å²) in [6.45, 7) is 1.34. The first-order valence-corrected chi connectivity index (χ1v) is 8.90. The molecule has 0 saturated heterocycles. The van der Waals surface area contributed by atoms with Crippen molar-refractivity contribution < 1.29 is 17.9 Å². The van der Waals surface area contributed by atoms with Crippen LogP contribution in [0.3, 0.4) is 0 Å². The molecule has 0 atom stereocenters. The maximum absolute atomic E-state index is 12.4. The van der Waals surface area contributed by atoms with Gasteiger partial charge in [-0.2, -0.15) is 0 Å². The number of alkyl halides is 3. The van der Waals surface area contributed by atoms with Crippen LogP contribution >= 0.6 is 11.6 Å². The van der Waals surface area contributed by atoms with Crippen molar-refractivity contribution in [1.29, 1.82) is 0 Å². The van der Waals surface area contributed by atoms with Crippen molar-refractivity contribution in [2.75, 3.05) is 11.9 Å². The molecule has 0 aliphatic carbocycles. The number of anilines is 1. The van der Waals surface area contributed by atoms with Gasteiger partial charge in [0.15, 0.2) is 0 Å². The predicted molar refractivity (Wildman–Crippen MR) is 104 cm³/mol. The van der Waals surface area contributed by atoms with E-state index in [0.29, 0.717) is 23.6 Å². The molecule has 0 aliphatic rings. The number of halogens is 4. The maximum atomic E-state index is 12.4. The SMILES string of the molecule is FC(F)(F)Oc1ccc2c(NCCn3ccc4cc(Cl)ccc43)ccnc2c1. The van der Waals surface area contributed by atoms with Gasteiger partial charge < -0.3 is 14.6 Å². The number of hydrogen-bond donors (Lipinski definition) is 1. The molecule has 0 unspecified atom stereocenters. The number of benzene rings is 2. The monoisotopic (exact) mass is 405 g/mol. The van der Waals surface area contributed by atoms with Gasteiger partial charge >= 0.3 is 6.36 Å². The lowest BCUT2D eigenvalue weighted by Crippen LogP contribution is -2.17. The van der Waals surface area contributed by atoms with E-state index in [1.165, 1.54) is 12.1 Å². The Hall–Kier alpha value is -2.93. The van der Waals surface area contributed by atoms with Gasteiger partial charge in [0.05, 0.1) is 5.52 Å². The number of hydrogen-bond acceptors (Lipinski definition) is 3. The third-order valence-electron chi connectivity index (χ3n) is 4.35. The summed E-state index contributed by atoms with van der Waals surface area (Å²) in [6, 6.07) is 13.7. The Morgan fingerprint density at radius 3 is 2.75 bits per heavy atom. The number of nitrogens with zero attached hydrogens (tertiary/aromatic N) is 2. The molecule has 2 aromatic carbocycles. The summed E-state index contributed by atoms with van der Waals surface area (Å²) in [6.07, 6.45) is -1.18. The topological polar surface area (TPSA) is 39.1 Å². The van der Waals surface area contributed by atoms with Gasteiger partial charge in [-0.1, -0.05) is 11.6 Å². The lowest BCUT2D eigenvalue weighted by Gasteiger charge is -2.12. The molecule has 0 aliphatic heterocycles. The molecule has 2 aromatic heterocycles. The van der Waals surface area contributed by atoms with Gasteiger partial charge in [-0.25, -0.2) is 0 Å². The van der Waals surface area contributed by atoms with E-state index in [4.69, 9.17) is 11.6 Å². The minimum absolute atomic E-state index is 0.290. The highest BCUT2D eigenvalue weighted by Crippen LogP contribution is 2.29. The van der Waals surface area contributed by atoms with Crippen molar-refractivity contribution in [3.8, 4) is 5.75 Å². The molecule has 4 nitrogen and oxygen atoms in total. The van der Waals surface area contributed by atoms with Gasteiger partial charge in [0, 0.05) is 58.5 Å². The first-order valence-electron chi connectivity index (χ1n) is 8.52. The van der Waals surface area contributed by atoms with E-state index in [9.17, 15) is 13.2 Å². The summed E-state index contributed by atoms with van der Waals surface area (Å²) < 4.78 is 43.2. The molecule has 0 saturated carbocycles. The number of aromatic nitrogens is 2.